The van der Waals surface area contributed by atoms with Gasteiger partial charge in [-0.25, -0.2) is 5.01 Å². The van der Waals surface area contributed by atoms with Crippen molar-refractivity contribution < 1.29 is 4.74 Å². The van der Waals surface area contributed by atoms with Crippen LogP contribution in [-0.2, 0) is 6.54 Å². The molecule has 31 heavy (non-hydrogen) atoms. The van der Waals surface area contributed by atoms with Gasteiger partial charge < -0.3 is 4.74 Å². The summed E-state index contributed by atoms with van der Waals surface area (Å²) in [6.07, 6.45) is 3.63. The highest BCUT2D eigenvalue weighted by Crippen LogP contribution is 2.38. The Morgan fingerprint density at radius 1 is 1.03 bits per heavy atom. The molecule has 0 N–H and O–H groups in total. The highest BCUT2D eigenvalue weighted by molar-refractivity contribution is 7.15. The number of aromatic nitrogens is 4. The van der Waals surface area contributed by atoms with E-state index in [4.69, 9.17) is 9.84 Å². The second kappa shape index (κ2) is 7.63. The van der Waals surface area contributed by atoms with Gasteiger partial charge in [0, 0.05) is 28.4 Å². The Morgan fingerprint density at radius 2 is 1.84 bits per heavy atom. The van der Waals surface area contributed by atoms with Crippen LogP contribution in [0.1, 0.15) is 33.0 Å². The number of hydrogen-bond acceptors (Lipinski definition) is 7. The number of methoxy groups -OCH3 is 1. The molecule has 5 rings (SSSR count). The Labute approximate surface area is 184 Å². The van der Waals surface area contributed by atoms with E-state index in [2.05, 4.69) is 45.7 Å². The number of rotatable bonds is 4. The number of aryl methyl sites for hydroxylation is 2. The third-order valence-electron chi connectivity index (χ3n) is 5.48. The molecule has 0 bridgehead atoms. The highest BCUT2D eigenvalue weighted by atomic mass is 32.1. The number of ether oxygens (including phenoxy) is 1. The molecule has 0 atom stereocenters. The Hall–Kier alpha value is -3.52. The second-order valence-corrected chi connectivity index (χ2v) is 8.65. The predicted molar refractivity (Wildman–Crippen MR) is 123 cm³/mol. The standard InChI is InChI=1S/C23H22N6OS/c1-14-15(2)31-22-20(14)21(18-7-9-19(30-4)10-8-18)27-28(13-17-6-5-11-24-12-17)23-26-25-16(3)29(22)23/h5-12H,13H2,1-4H3. The van der Waals surface area contributed by atoms with E-state index in [0.717, 1.165) is 39.0 Å². The molecule has 1 aliphatic heterocycles. The molecule has 1 aromatic carbocycles. The van der Waals surface area contributed by atoms with Gasteiger partial charge in [-0.3, -0.25) is 9.55 Å². The van der Waals surface area contributed by atoms with Crippen LogP contribution in [0.5, 0.6) is 5.75 Å². The van der Waals surface area contributed by atoms with E-state index in [0.29, 0.717) is 12.5 Å². The summed E-state index contributed by atoms with van der Waals surface area (Å²) in [6.45, 7) is 6.82. The summed E-state index contributed by atoms with van der Waals surface area (Å²) in [5, 5.41) is 17.0. The third-order valence-corrected chi connectivity index (χ3v) is 6.68. The molecule has 0 fully saturated rings. The largest absolute Gasteiger partial charge is 0.497 e. The van der Waals surface area contributed by atoms with E-state index in [1.807, 2.05) is 42.4 Å². The van der Waals surface area contributed by atoms with Crippen molar-refractivity contribution in [1.29, 1.82) is 0 Å². The maximum absolute atomic E-state index is 5.36. The minimum Gasteiger partial charge on any atom is -0.497 e. The minimum absolute atomic E-state index is 0.540. The summed E-state index contributed by atoms with van der Waals surface area (Å²) in [5.74, 6) is 2.35. The van der Waals surface area contributed by atoms with Crippen molar-refractivity contribution in [1.82, 2.24) is 19.7 Å². The van der Waals surface area contributed by atoms with E-state index in [-0.39, 0.29) is 0 Å². The molecule has 7 nitrogen and oxygen atoms in total. The summed E-state index contributed by atoms with van der Waals surface area (Å²) in [7, 11) is 1.67. The molecular weight excluding hydrogens is 408 g/mol. The molecule has 0 radical (unpaired) electrons. The van der Waals surface area contributed by atoms with Crippen molar-refractivity contribution in [2.45, 2.75) is 27.3 Å². The molecule has 4 heterocycles. The smallest absolute Gasteiger partial charge is 0.253 e. The van der Waals surface area contributed by atoms with Crippen molar-refractivity contribution in [3.8, 4) is 10.8 Å². The quantitative estimate of drug-likeness (QED) is 0.479. The highest BCUT2D eigenvalue weighted by Gasteiger charge is 2.30. The van der Waals surface area contributed by atoms with Crippen LogP contribution in [0.2, 0.25) is 0 Å². The summed E-state index contributed by atoms with van der Waals surface area (Å²) in [5.41, 5.74) is 5.32. The zero-order valence-corrected chi connectivity index (χ0v) is 18.6. The summed E-state index contributed by atoms with van der Waals surface area (Å²) in [4.78, 5) is 5.51. The van der Waals surface area contributed by atoms with E-state index in [9.17, 15) is 0 Å². The Balaban J connectivity index is 1.74. The van der Waals surface area contributed by atoms with Gasteiger partial charge in [-0.1, -0.05) is 6.07 Å². The summed E-state index contributed by atoms with van der Waals surface area (Å²) >= 11 is 1.74. The zero-order valence-electron chi connectivity index (χ0n) is 17.8. The first-order valence-corrected chi connectivity index (χ1v) is 10.8. The van der Waals surface area contributed by atoms with Crippen molar-refractivity contribution >= 4 is 23.0 Å². The molecule has 0 amide bonds. The molecule has 3 aromatic heterocycles. The first-order chi connectivity index (χ1) is 15.1. The number of anilines is 1. The molecule has 0 spiro atoms. The Morgan fingerprint density at radius 3 is 2.55 bits per heavy atom. The van der Waals surface area contributed by atoms with Gasteiger partial charge in [0.15, 0.2) is 0 Å². The number of thiophene rings is 1. The van der Waals surface area contributed by atoms with E-state index in [1.165, 1.54) is 10.4 Å². The van der Waals surface area contributed by atoms with Crippen LogP contribution in [0.4, 0.5) is 5.95 Å². The fourth-order valence-electron chi connectivity index (χ4n) is 3.74. The Kier molecular flexibility index (Phi) is 4.78. The lowest BCUT2D eigenvalue weighted by Gasteiger charge is -2.18. The first kappa shape index (κ1) is 19.4. The van der Waals surface area contributed by atoms with Crippen molar-refractivity contribution in [3.05, 3.63) is 81.7 Å². The molecule has 0 unspecified atom stereocenters. The third kappa shape index (κ3) is 3.29. The van der Waals surface area contributed by atoms with Crippen LogP contribution in [-0.4, -0.2) is 32.6 Å². The lowest BCUT2D eigenvalue weighted by Crippen LogP contribution is -2.20. The first-order valence-electron chi connectivity index (χ1n) is 9.99. The zero-order chi connectivity index (χ0) is 21.5. The van der Waals surface area contributed by atoms with Crippen LogP contribution >= 0.6 is 11.3 Å². The normalized spacial score (nSPS) is 12.8. The van der Waals surface area contributed by atoms with Gasteiger partial charge in [0.2, 0.25) is 0 Å². The fraction of sp³-hybridized carbons (Fsp3) is 0.217. The predicted octanol–water partition coefficient (Wildman–Crippen LogP) is 4.43. The number of pyridine rings is 1. The van der Waals surface area contributed by atoms with Gasteiger partial charge in [0.25, 0.3) is 5.95 Å². The Bertz CT molecular complexity index is 1270. The molecule has 0 saturated carbocycles. The number of hydrazone groups is 1. The average molecular weight is 431 g/mol. The lowest BCUT2D eigenvalue weighted by molar-refractivity contribution is 0.415. The molecule has 0 saturated heterocycles. The van der Waals surface area contributed by atoms with E-state index < -0.39 is 0 Å². The topological polar surface area (TPSA) is 68.4 Å². The lowest BCUT2D eigenvalue weighted by atomic mass is 10.00. The molecule has 1 aliphatic rings. The number of nitrogens with zero attached hydrogens (tertiary/aromatic N) is 6. The molecule has 156 valence electrons. The minimum atomic E-state index is 0.540. The van der Waals surface area contributed by atoms with Gasteiger partial charge >= 0.3 is 0 Å². The number of benzene rings is 1. The van der Waals surface area contributed by atoms with Crippen LogP contribution in [0.15, 0.2) is 53.9 Å². The van der Waals surface area contributed by atoms with Gasteiger partial charge in [0.05, 0.1) is 13.7 Å². The number of fused-ring (bicyclic) bond motifs is 3. The SMILES string of the molecule is COc1ccc(C2=NN(Cc3cccnc3)c3nnc(C)n3-c3sc(C)c(C)c32)cc1. The fourth-order valence-corrected chi connectivity index (χ4v) is 4.94. The van der Waals surface area contributed by atoms with Crippen LogP contribution in [0, 0.1) is 20.8 Å². The summed E-state index contributed by atoms with van der Waals surface area (Å²) < 4.78 is 7.46. The average Bonchev–Trinajstić information content (AvgIpc) is 3.27. The molecule has 8 heteroatoms. The maximum atomic E-state index is 5.36. The van der Waals surface area contributed by atoms with Crippen molar-refractivity contribution in [2.24, 2.45) is 5.10 Å². The van der Waals surface area contributed by atoms with E-state index in [1.54, 1.807) is 24.6 Å². The molecule has 0 aliphatic carbocycles. The van der Waals surface area contributed by atoms with E-state index >= 15 is 0 Å². The molecular formula is C23H22N6OS. The van der Waals surface area contributed by atoms with Crippen molar-refractivity contribution in [3.63, 3.8) is 0 Å². The van der Waals surface area contributed by atoms with Gasteiger partial charge in [-0.15, -0.1) is 21.5 Å². The summed E-state index contributed by atoms with van der Waals surface area (Å²) in [6, 6.07) is 12.0. The van der Waals surface area contributed by atoms with Gasteiger partial charge in [-0.05, 0) is 62.2 Å². The van der Waals surface area contributed by atoms with Crippen molar-refractivity contribution in [2.75, 3.05) is 12.1 Å². The van der Waals surface area contributed by atoms with Crippen LogP contribution in [0.25, 0.3) is 5.00 Å². The van der Waals surface area contributed by atoms with Crippen LogP contribution in [0.3, 0.4) is 0 Å². The number of hydrogen-bond donors (Lipinski definition) is 0. The molecule has 4 aromatic rings. The van der Waals surface area contributed by atoms with Gasteiger partial charge in [0.1, 0.15) is 22.3 Å². The monoisotopic (exact) mass is 430 g/mol. The van der Waals surface area contributed by atoms with Gasteiger partial charge in [-0.2, -0.15) is 5.10 Å². The van der Waals surface area contributed by atoms with Crippen LogP contribution < -0.4 is 9.75 Å². The maximum Gasteiger partial charge on any atom is 0.253 e. The second-order valence-electron chi connectivity index (χ2n) is 7.44.